The fourth-order valence-corrected chi connectivity index (χ4v) is 1.42. The van der Waals surface area contributed by atoms with E-state index in [4.69, 9.17) is 5.73 Å². The van der Waals surface area contributed by atoms with Crippen molar-refractivity contribution in [3.05, 3.63) is 42.0 Å². The number of halogens is 3. The van der Waals surface area contributed by atoms with Crippen molar-refractivity contribution in [2.24, 2.45) is 5.73 Å². The van der Waals surface area contributed by atoms with Gasteiger partial charge in [-0.3, -0.25) is 4.98 Å². The molecule has 2 heterocycles. The topological polar surface area (TPSA) is 56.7 Å². The van der Waals surface area contributed by atoms with Crippen LogP contribution in [0, 0.1) is 0 Å². The molecule has 1 atom stereocenters. The smallest absolute Gasteiger partial charge is 0.323 e. The van der Waals surface area contributed by atoms with Crippen LogP contribution in [0.15, 0.2) is 30.6 Å². The highest BCUT2D eigenvalue weighted by Crippen LogP contribution is 2.27. The van der Waals surface area contributed by atoms with Crippen LogP contribution in [0.4, 0.5) is 13.2 Å². The van der Waals surface area contributed by atoms with Crippen molar-refractivity contribution in [2.75, 3.05) is 0 Å². The Bertz CT molecular complexity index is 528. The van der Waals surface area contributed by atoms with Gasteiger partial charge >= 0.3 is 6.18 Å². The predicted molar refractivity (Wildman–Crippen MR) is 59.0 cm³/mol. The summed E-state index contributed by atoms with van der Waals surface area (Å²) in [4.78, 5) is 4.06. The first-order valence-corrected chi connectivity index (χ1v) is 5.22. The van der Waals surface area contributed by atoms with Gasteiger partial charge in [0.1, 0.15) is 0 Å². The van der Waals surface area contributed by atoms with Crippen molar-refractivity contribution in [1.82, 2.24) is 14.8 Å². The number of rotatable bonds is 2. The summed E-state index contributed by atoms with van der Waals surface area (Å²) in [5, 5.41) is 3.45. The van der Waals surface area contributed by atoms with E-state index in [0.29, 0.717) is 11.4 Å². The fourth-order valence-electron chi connectivity index (χ4n) is 1.42. The molecular weight excluding hydrogens is 245 g/mol. The average Bonchev–Trinajstić information content (AvgIpc) is 2.78. The molecule has 2 aromatic rings. The summed E-state index contributed by atoms with van der Waals surface area (Å²) in [7, 11) is 0. The fraction of sp³-hybridized carbons (Fsp3) is 0.273. The van der Waals surface area contributed by atoms with Crippen LogP contribution in [0.25, 0.3) is 5.69 Å². The molecule has 2 N–H and O–H groups in total. The molecule has 0 radical (unpaired) electrons. The van der Waals surface area contributed by atoms with Crippen LogP contribution in [0.1, 0.15) is 24.4 Å². The molecule has 0 unspecified atom stereocenters. The van der Waals surface area contributed by atoms with Crippen LogP contribution >= 0.6 is 0 Å². The Kier molecular flexibility index (Phi) is 3.08. The third kappa shape index (κ3) is 2.51. The van der Waals surface area contributed by atoms with Crippen molar-refractivity contribution < 1.29 is 13.2 Å². The molecule has 7 heteroatoms. The number of nitrogens with two attached hydrogens (primary N) is 1. The molecular formula is C11H11F3N4. The Morgan fingerprint density at radius 1 is 1.28 bits per heavy atom. The minimum absolute atomic E-state index is 0.220. The zero-order valence-electron chi connectivity index (χ0n) is 9.52. The normalized spacial score (nSPS) is 13.6. The Balaban J connectivity index is 2.29. The van der Waals surface area contributed by atoms with Crippen molar-refractivity contribution in [1.29, 1.82) is 0 Å². The van der Waals surface area contributed by atoms with Gasteiger partial charge in [-0.15, -0.1) is 0 Å². The Labute approximate surface area is 101 Å². The van der Waals surface area contributed by atoms with Gasteiger partial charge in [0.05, 0.1) is 17.6 Å². The Morgan fingerprint density at radius 2 is 2.00 bits per heavy atom. The summed E-state index contributed by atoms with van der Waals surface area (Å²) >= 11 is 0. The van der Waals surface area contributed by atoms with E-state index in [1.165, 1.54) is 12.4 Å². The molecule has 18 heavy (non-hydrogen) atoms. The van der Waals surface area contributed by atoms with Crippen LogP contribution in [0.2, 0.25) is 0 Å². The van der Waals surface area contributed by atoms with Gasteiger partial charge in [0.15, 0.2) is 5.69 Å². The van der Waals surface area contributed by atoms with Gasteiger partial charge in [-0.05, 0) is 25.1 Å². The van der Waals surface area contributed by atoms with E-state index in [1.54, 1.807) is 19.1 Å². The van der Waals surface area contributed by atoms with Crippen LogP contribution in [-0.4, -0.2) is 14.8 Å². The summed E-state index contributed by atoms with van der Waals surface area (Å²) in [5.74, 6) is 0. The van der Waals surface area contributed by atoms with Crippen molar-refractivity contribution in [3.8, 4) is 5.69 Å². The van der Waals surface area contributed by atoms with E-state index < -0.39 is 11.9 Å². The molecule has 0 aliphatic rings. The minimum atomic E-state index is -4.44. The highest BCUT2D eigenvalue weighted by molar-refractivity contribution is 5.30. The number of aromatic nitrogens is 3. The standard InChI is InChI=1S/C11H11F3N4/c1-7(15)9-3-2-8(6-16-9)18-5-4-10(17-18)11(12,13)14/h2-7H,15H2,1H3/t7-/m0/s1. The molecule has 0 saturated heterocycles. The molecule has 0 aliphatic heterocycles. The van der Waals surface area contributed by atoms with Crippen LogP contribution in [0.3, 0.4) is 0 Å². The van der Waals surface area contributed by atoms with Gasteiger partial charge in [-0.1, -0.05) is 0 Å². The molecule has 2 aromatic heterocycles. The maximum Gasteiger partial charge on any atom is 0.435 e. The Morgan fingerprint density at radius 3 is 2.44 bits per heavy atom. The molecule has 0 aromatic carbocycles. The van der Waals surface area contributed by atoms with Gasteiger partial charge in [0, 0.05) is 12.2 Å². The number of hydrogen-bond acceptors (Lipinski definition) is 3. The second kappa shape index (κ2) is 4.41. The lowest BCUT2D eigenvalue weighted by Gasteiger charge is -2.06. The SMILES string of the molecule is C[C@H](N)c1ccc(-n2ccc(C(F)(F)F)n2)cn1. The molecule has 0 aliphatic carbocycles. The Hall–Kier alpha value is -1.89. The zero-order valence-corrected chi connectivity index (χ0v) is 9.52. The van der Waals surface area contributed by atoms with Crippen LogP contribution in [0.5, 0.6) is 0 Å². The number of alkyl halides is 3. The lowest BCUT2D eigenvalue weighted by atomic mass is 10.2. The minimum Gasteiger partial charge on any atom is -0.323 e. The summed E-state index contributed by atoms with van der Waals surface area (Å²) in [5.41, 5.74) is 5.82. The monoisotopic (exact) mass is 256 g/mol. The molecule has 0 spiro atoms. The summed E-state index contributed by atoms with van der Waals surface area (Å²) < 4.78 is 38.3. The van der Waals surface area contributed by atoms with E-state index in [2.05, 4.69) is 10.1 Å². The van der Waals surface area contributed by atoms with Gasteiger partial charge < -0.3 is 5.73 Å². The lowest BCUT2D eigenvalue weighted by molar-refractivity contribution is -0.141. The quantitative estimate of drug-likeness (QED) is 0.897. The van der Waals surface area contributed by atoms with Crippen molar-refractivity contribution in [2.45, 2.75) is 19.1 Å². The van der Waals surface area contributed by atoms with E-state index in [9.17, 15) is 13.2 Å². The molecule has 0 saturated carbocycles. The third-order valence-electron chi connectivity index (χ3n) is 2.38. The predicted octanol–water partition coefficient (Wildman–Crippen LogP) is 2.31. The second-order valence-electron chi connectivity index (χ2n) is 3.87. The second-order valence-corrected chi connectivity index (χ2v) is 3.87. The van der Waals surface area contributed by atoms with Crippen LogP contribution < -0.4 is 5.73 Å². The zero-order chi connectivity index (χ0) is 13.3. The first-order valence-electron chi connectivity index (χ1n) is 5.22. The molecule has 4 nitrogen and oxygen atoms in total. The molecule has 0 amide bonds. The van der Waals surface area contributed by atoms with E-state index in [1.807, 2.05) is 0 Å². The van der Waals surface area contributed by atoms with Crippen LogP contribution in [-0.2, 0) is 6.18 Å². The maximum absolute atomic E-state index is 12.4. The number of pyridine rings is 1. The third-order valence-corrected chi connectivity index (χ3v) is 2.38. The van der Waals surface area contributed by atoms with E-state index >= 15 is 0 Å². The summed E-state index contributed by atoms with van der Waals surface area (Å²) in [6, 6.07) is 3.98. The van der Waals surface area contributed by atoms with Gasteiger partial charge in [-0.25, -0.2) is 4.68 Å². The molecule has 96 valence electrons. The number of nitrogens with zero attached hydrogens (tertiary/aromatic N) is 3. The van der Waals surface area contributed by atoms with Crippen molar-refractivity contribution in [3.63, 3.8) is 0 Å². The first-order chi connectivity index (χ1) is 8.38. The maximum atomic E-state index is 12.4. The van der Waals surface area contributed by atoms with E-state index in [-0.39, 0.29) is 6.04 Å². The first kappa shape index (κ1) is 12.6. The largest absolute Gasteiger partial charge is 0.435 e. The summed E-state index contributed by atoms with van der Waals surface area (Å²) in [6.45, 7) is 1.78. The average molecular weight is 256 g/mol. The van der Waals surface area contributed by atoms with Gasteiger partial charge in [-0.2, -0.15) is 18.3 Å². The highest BCUT2D eigenvalue weighted by atomic mass is 19.4. The molecule has 2 rings (SSSR count). The number of hydrogen-bond donors (Lipinski definition) is 1. The van der Waals surface area contributed by atoms with Gasteiger partial charge in [0.25, 0.3) is 0 Å². The van der Waals surface area contributed by atoms with Gasteiger partial charge in [0.2, 0.25) is 0 Å². The summed E-state index contributed by atoms with van der Waals surface area (Å²) in [6.07, 6.45) is -1.76. The van der Waals surface area contributed by atoms with Crippen molar-refractivity contribution >= 4 is 0 Å². The molecule has 0 bridgehead atoms. The van der Waals surface area contributed by atoms with E-state index in [0.717, 1.165) is 10.7 Å². The molecule has 0 fully saturated rings. The highest BCUT2D eigenvalue weighted by Gasteiger charge is 2.33. The lowest BCUT2D eigenvalue weighted by Crippen LogP contribution is -2.09.